The SMILES string of the molecule is COC(=O)[C@@H](CO)NC(=O)c1ccc(C#N)cc1. The molecular formula is C12H12N2O4. The van der Waals surface area contributed by atoms with Crippen molar-refractivity contribution in [2.75, 3.05) is 13.7 Å². The lowest BCUT2D eigenvalue weighted by Crippen LogP contribution is -2.44. The number of aliphatic hydroxyl groups excluding tert-OH is 1. The van der Waals surface area contributed by atoms with E-state index in [2.05, 4.69) is 10.1 Å². The fourth-order valence-electron chi connectivity index (χ4n) is 1.26. The molecule has 0 saturated heterocycles. The van der Waals surface area contributed by atoms with E-state index in [1.54, 1.807) is 0 Å². The Labute approximate surface area is 104 Å². The van der Waals surface area contributed by atoms with E-state index < -0.39 is 24.5 Å². The smallest absolute Gasteiger partial charge is 0.330 e. The average Bonchev–Trinajstić information content (AvgIpc) is 2.43. The number of nitriles is 1. The van der Waals surface area contributed by atoms with Crippen molar-refractivity contribution in [2.24, 2.45) is 0 Å². The Balaban J connectivity index is 2.75. The first-order valence-electron chi connectivity index (χ1n) is 5.12. The predicted molar refractivity (Wildman–Crippen MR) is 61.5 cm³/mol. The largest absolute Gasteiger partial charge is 0.467 e. The number of nitrogens with zero attached hydrogens (tertiary/aromatic N) is 1. The molecule has 1 aromatic carbocycles. The maximum atomic E-state index is 11.7. The number of ether oxygens (including phenoxy) is 1. The minimum absolute atomic E-state index is 0.288. The third kappa shape index (κ3) is 3.30. The van der Waals surface area contributed by atoms with Crippen LogP contribution in [0.2, 0.25) is 0 Å². The molecule has 0 fully saturated rings. The zero-order chi connectivity index (χ0) is 13.5. The van der Waals surface area contributed by atoms with Crippen molar-refractivity contribution in [1.82, 2.24) is 5.32 Å². The van der Waals surface area contributed by atoms with Gasteiger partial charge in [0.1, 0.15) is 0 Å². The van der Waals surface area contributed by atoms with E-state index in [1.165, 1.54) is 31.4 Å². The first kappa shape index (κ1) is 13.7. The van der Waals surface area contributed by atoms with Crippen molar-refractivity contribution in [2.45, 2.75) is 6.04 Å². The number of rotatable bonds is 4. The molecule has 18 heavy (non-hydrogen) atoms. The van der Waals surface area contributed by atoms with Crippen LogP contribution >= 0.6 is 0 Å². The number of methoxy groups -OCH3 is 1. The molecule has 0 spiro atoms. The third-order valence-corrected chi connectivity index (χ3v) is 2.25. The lowest BCUT2D eigenvalue weighted by Gasteiger charge is -2.13. The Bertz CT molecular complexity index is 476. The first-order chi connectivity index (χ1) is 8.62. The van der Waals surface area contributed by atoms with Crippen LogP contribution in [0.15, 0.2) is 24.3 Å². The molecule has 1 rings (SSSR count). The van der Waals surface area contributed by atoms with Gasteiger partial charge >= 0.3 is 5.97 Å². The molecule has 0 heterocycles. The molecule has 0 aliphatic carbocycles. The number of benzene rings is 1. The molecule has 0 aromatic heterocycles. The van der Waals surface area contributed by atoms with Crippen LogP contribution in [0.4, 0.5) is 0 Å². The van der Waals surface area contributed by atoms with Crippen LogP contribution in [0.3, 0.4) is 0 Å². The number of aliphatic hydroxyl groups is 1. The predicted octanol–water partition coefficient (Wildman–Crippen LogP) is -0.178. The average molecular weight is 248 g/mol. The molecule has 6 nitrogen and oxygen atoms in total. The van der Waals surface area contributed by atoms with Gasteiger partial charge in [-0.25, -0.2) is 4.79 Å². The summed E-state index contributed by atoms with van der Waals surface area (Å²) in [5.41, 5.74) is 0.717. The summed E-state index contributed by atoms with van der Waals surface area (Å²) < 4.78 is 4.42. The van der Waals surface area contributed by atoms with Crippen LogP contribution in [-0.4, -0.2) is 36.7 Å². The summed E-state index contributed by atoms with van der Waals surface area (Å²) in [5.74, 6) is -1.25. The number of hydrogen-bond acceptors (Lipinski definition) is 5. The summed E-state index contributed by atoms with van der Waals surface area (Å²) in [5, 5.41) is 19.9. The molecule has 0 unspecified atom stereocenters. The van der Waals surface area contributed by atoms with Gasteiger partial charge in [0.2, 0.25) is 0 Å². The van der Waals surface area contributed by atoms with Crippen molar-refractivity contribution < 1.29 is 19.4 Å². The number of amides is 1. The van der Waals surface area contributed by atoms with E-state index in [-0.39, 0.29) is 5.56 Å². The lowest BCUT2D eigenvalue weighted by molar-refractivity contribution is -0.143. The van der Waals surface area contributed by atoms with Gasteiger partial charge in [-0.1, -0.05) is 0 Å². The molecule has 1 aromatic rings. The van der Waals surface area contributed by atoms with Gasteiger partial charge in [-0.3, -0.25) is 4.79 Å². The van der Waals surface area contributed by atoms with E-state index in [0.29, 0.717) is 5.56 Å². The second kappa shape index (κ2) is 6.37. The molecule has 1 atom stereocenters. The molecule has 0 aliphatic rings. The standard InChI is InChI=1S/C12H12N2O4/c1-18-12(17)10(7-15)14-11(16)9-4-2-8(6-13)3-5-9/h2-5,10,15H,7H2,1H3,(H,14,16)/t10-/m1/s1. The van der Waals surface area contributed by atoms with Crippen molar-refractivity contribution >= 4 is 11.9 Å². The van der Waals surface area contributed by atoms with Gasteiger partial charge in [0.05, 0.1) is 25.3 Å². The number of hydrogen-bond donors (Lipinski definition) is 2. The summed E-state index contributed by atoms with van der Waals surface area (Å²) in [6.07, 6.45) is 0. The van der Waals surface area contributed by atoms with Gasteiger partial charge in [0, 0.05) is 5.56 Å². The van der Waals surface area contributed by atoms with Crippen LogP contribution in [0, 0.1) is 11.3 Å². The Hall–Kier alpha value is -2.39. The highest BCUT2D eigenvalue weighted by Crippen LogP contribution is 2.03. The van der Waals surface area contributed by atoms with Gasteiger partial charge in [-0.15, -0.1) is 0 Å². The van der Waals surface area contributed by atoms with Crippen molar-refractivity contribution in [3.63, 3.8) is 0 Å². The zero-order valence-electron chi connectivity index (χ0n) is 9.71. The van der Waals surface area contributed by atoms with E-state index in [4.69, 9.17) is 10.4 Å². The first-order valence-corrected chi connectivity index (χ1v) is 5.12. The van der Waals surface area contributed by atoms with Crippen molar-refractivity contribution in [3.8, 4) is 6.07 Å². The zero-order valence-corrected chi connectivity index (χ0v) is 9.71. The third-order valence-electron chi connectivity index (χ3n) is 2.25. The fourth-order valence-corrected chi connectivity index (χ4v) is 1.26. The molecule has 94 valence electrons. The summed E-state index contributed by atoms with van der Waals surface area (Å²) in [6.45, 7) is -0.547. The second-order valence-corrected chi connectivity index (χ2v) is 3.42. The van der Waals surface area contributed by atoms with E-state index in [9.17, 15) is 9.59 Å². The Kier molecular flexibility index (Phi) is 4.84. The normalized spacial score (nSPS) is 11.2. The summed E-state index contributed by atoms with van der Waals surface area (Å²) >= 11 is 0. The maximum absolute atomic E-state index is 11.7. The van der Waals surface area contributed by atoms with Crippen molar-refractivity contribution in [3.05, 3.63) is 35.4 Å². The molecule has 0 aliphatic heterocycles. The molecule has 1 amide bonds. The minimum atomic E-state index is -1.10. The van der Waals surface area contributed by atoms with Gasteiger partial charge in [0.25, 0.3) is 5.91 Å². The van der Waals surface area contributed by atoms with Gasteiger partial charge in [-0.2, -0.15) is 5.26 Å². The van der Waals surface area contributed by atoms with E-state index in [0.717, 1.165) is 0 Å². The highest BCUT2D eigenvalue weighted by Gasteiger charge is 2.20. The molecule has 0 radical (unpaired) electrons. The highest BCUT2D eigenvalue weighted by atomic mass is 16.5. The van der Waals surface area contributed by atoms with E-state index >= 15 is 0 Å². The van der Waals surface area contributed by atoms with Gasteiger partial charge in [-0.05, 0) is 24.3 Å². The van der Waals surface area contributed by atoms with Crippen LogP contribution in [0.25, 0.3) is 0 Å². The van der Waals surface area contributed by atoms with Gasteiger partial charge < -0.3 is 15.2 Å². The van der Waals surface area contributed by atoms with Crippen LogP contribution in [-0.2, 0) is 9.53 Å². The molecule has 2 N–H and O–H groups in total. The summed E-state index contributed by atoms with van der Waals surface area (Å²) in [7, 11) is 1.17. The number of carbonyl (C=O) groups is 2. The molecular weight excluding hydrogens is 236 g/mol. The Morgan fingerprint density at radius 3 is 2.50 bits per heavy atom. The fraction of sp³-hybridized carbons (Fsp3) is 0.250. The number of carbonyl (C=O) groups excluding carboxylic acids is 2. The number of nitrogens with one attached hydrogen (secondary N) is 1. The molecule has 0 saturated carbocycles. The monoisotopic (exact) mass is 248 g/mol. The maximum Gasteiger partial charge on any atom is 0.330 e. The number of esters is 1. The topological polar surface area (TPSA) is 99.4 Å². The van der Waals surface area contributed by atoms with E-state index in [1.807, 2.05) is 6.07 Å². The highest BCUT2D eigenvalue weighted by molar-refractivity contribution is 5.96. The summed E-state index contributed by atoms with van der Waals surface area (Å²) in [4.78, 5) is 22.9. The second-order valence-electron chi connectivity index (χ2n) is 3.42. The summed E-state index contributed by atoms with van der Waals surface area (Å²) in [6, 6.07) is 6.72. The molecule has 6 heteroatoms. The van der Waals surface area contributed by atoms with Crippen molar-refractivity contribution in [1.29, 1.82) is 5.26 Å². The van der Waals surface area contributed by atoms with Gasteiger partial charge in [0.15, 0.2) is 6.04 Å². The Morgan fingerprint density at radius 2 is 2.06 bits per heavy atom. The van der Waals surface area contributed by atoms with Crippen LogP contribution < -0.4 is 5.32 Å². The quantitative estimate of drug-likeness (QED) is 0.720. The molecule has 0 bridgehead atoms. The lowest BCUT2D eigenvalue weighted by atomic mass is 10.1. The Morgan fingerprint density at radius 1 is 1.44 bits per heavy atom. The minimum Gasteiger partial charge on any atom is -0.467 e. The van der Waals surface area contributed by atoms with Crippen LogP contribution in [0.1, 0.15) is 15.9 Å². The van der Waals surface area contributed by atoms with Crippen LogP contribution in [0.5, 0.6) is 0 Å².